The normalized spacial score (nSPS) is 46.1. The van der Waals surface area contributed by atoms with Crippen LogP contribution in [0.3, 0.4) is 0 Å². The van der Waals surface area contributed by atoms with Crippen LogP contribution in [0, 0.1) is 0 Å². The molecule has 3 aliphatic rings. The summed E-state index contributed by atoms with van der Waals surface area (Å²) in [6.45, 7) is 0.452. The average molecular weight is 250 g/mol. The number of aliphatic hydroxyl groups excluding tert-OH is 1. The maximum Gasteiger partial charge on any atom is 0.186 e. The van der Waals surface area contributed by atoms with Gasteiger partial charge in [-0.15, -0.1) is 0 Å². The molecule has 0 spiro atoms. The number of rotatable bonds is 1. The van der Waals surface area contributed by atoms with Crippen LogP contribution in [0.4, 0.5) is 0 Å². The smallest absolute Gasteiger partial charge is 0.186 e. The van der Waals surface area contributed by atoms with Crippen LogP contribution in [0.15, 0.2) is 30.3 Å². The molecule has 1 aromatic rings. The van der Waals surface area contributed by atoms with Gasteiger partial charge in [-0.2, -0.15) is 0 Å². The third-order valence-corrected chi connectivity index (χ3v) is 3.67. The highest BCUT2D eigenvalue weighted by Crippen LogP contribution is 2.41. The highest BCUT2D eigenvalue weighted by Gasteiger charge is 2.56. The summed E-state index contributed by atoms with van der Waals surface area (Å²) in [6.07, 6.45) is -2.57. The molecule has 3 heterocycles. The number of hydrogen-bond donors (Lipinski definition) is 1. The Hall–Kier alpha value is -0.980. The Bertz CT molecular complexity index is 430. The maximum absolute atomic E-state index is 10.1. The molecule has 3 aliphatic heterocycles. The Labute approximate surface area is 104 Å². The number of ether oxygens (including phenoxy) is 4. The minimum Gasteiger partial charge on any atom is -0.385 e. The Balaban J connectivity index is 1.60. The maximum atomic E-state index is 10.1. The van der Waals surface area contributed by atoms with Crippen molar-refractivity contribution in [2.75, 3.05) is 6.61 Å². The number of fused-ring (bicyclic) bond motifs is 4. The largest absolute Gasteiger partial charge is 0.385 e. The van der Waals surface area contributed by atoms with E-state index >= 15 is 0 Å². The van der Waals surface area contributed by atoms with Crippen LogP contribution in [0.5, 0.6) is 0 Å². The second-order valence-electron chi connectivity index (χ2n) is 4.81. The van der Waals surface area contributed by atoms with Crippen molar-refractivity contribution in [2.24, 2.45) is 0 Å². The predicted octanol–water partition coefficient (Wildman–Crippen LogP) is 0.585. The zero-order valence-corrected chi connectivity index (χ0v) is 9.64. The van der Waals surface area contributed by atoms with Crippen molar-refractivity contribution in [3.8, 4) is 0 Å². The average Bonchev–Trinajstić information content (AvgIpc) is 3.04. The lowest BCUT2D eigenvalue weighted by Gasteiger charge is -2.31. The molecule has 3 fully saturated rings. The van der Waals surface area contributed by atoms with Crippen molar-refractivity contribution in [1.82, 2.24) is 0 Å². The molecule has 96 valence electrons. The van der Waals surface area contributed by atoms with Gasteiger partial charge in [0.2, 0.25) is 0 Å². The molecule has 1 aromatic carbocycles. The molecule has 3 saturated heterocycles. The summed E-state index contributed by atoms with van der Waals surface area (Å²) >= 11 is 0. The molecule has 18 heavy (non-hydrogen) atoms. The van der Waals surface area contributed by atoms with E-state index in [1.54, 1.807) is 0 Å². The van der Waals surface area contributed by atoms with E-state index in [1.807, 2.05) is 30.3 Å². The predicted molar refractivity (Wildman–Crippen MR) is 59.5 cm³/mol. The second-order valence-corrected chi connectivity index (χ2v) is 4.81. The van der Waals surface area contributed by atoms with E-state index in [2.05, 4.69) is 0 Å². The van der Waals surface area contributed by atoms with Gasteiger partial charge in [0.15, 0.2) is 12.6 Å². The van der Waals surface area contributed by atoms with Gasteiger partial charge in [-0.3, -0.25) is 0 Å². The molecular weight excluding hydrogens is 236 g/mol. The van der Waals surface area contributed by atoms with Crippen LogP contribution < -0.4 is 0 Å². The van der Waals surface area contributed by atoms with Crippen molar-refractivity contribution in [2.45, 2.75) is 37.0 Å². The lowest BCUT2D eigenvalue weighted by atomic mass is 10.0. The molecule has 4 rings (SSSR count). The zero-order valence-electron chi connectivity index (χ0n) is 9.64. The molecule has 0 aromatic heterocycles. The van der Waals surface area contributed by atoms with Crippen LogP contribution >= 0.6 is 0 Å². The fourth-order valence-corrected chi connectivity index (χ4v) is 2.76. The molecular formula is C13H14O5. The molecule has 5 nitrogen and oxygen atoms in total. The first-order valence-electron chi connectivity index (χ1n) is 6.14. The molecule has 0 radical (unpaired) electrons. The van der Waals surface area contributed by atoms with E-state index in [1.165, 1.54) is 0 Å². The molecule has 6 atom stereocenters. The zero-order chi connectivity index (χ0) is 12.1. The summed E-state index contributed by atoms with van der Waals surface area (Å²) in [4.78, 5) is 0. The van der Waals surface area contributed by atoms with Gasteiger partial charge >= 0.3 is 0 Å². The fourth-order valence-electron chi connectivity index (χ4n) is 2.76. The van der Waals surface area contributed by atoms with Gasteiger partial charge in [0, 0.05) is 5.56 Å². The number of hydrogen-bond acceptors (Lipinski definition) is 5. The molecule has 0 amide bonds. The standard InChI is InChI=1S/C13H14O5/c14-9-11-10(8-6-15-13(9)16-8)17-12(18-11)7-4-2-1-3-5-7/h1-5,8-14H,6H2/t8-,9+,10-,11-,12-,13-/m1/s1. The summed E-state index contributed by atoms with van der Waals surface area (Å²) in [5, 5.41) is 10.1. The highest BCUT2D eigenvalue weighted by atomic mass is 16.8. The number of benzene rings is 1. The molecule has 2 bridgehead atoms. The molecule has 0 unspecified atom stereocenters. The van der Waals surface area contributed by atoms with Crippen LogP contribution in [0.1, 0.15) is 11.9 Å². The van der Waals surface area contributed by atoms with Crippen molar-refractivity contribution in [1.29, 1.82) is 0 Å². The van der Waals surface area contributed by atoms with Gasteiger partial charge in [0.1, 0.15) is 24.4 Å². The van der Waals surface area contributed by atoms with E-state index in [-0.39, 0.29) is 18.3 Å². The molecule has 0 aliphatic carbocycles. The lowest BCUT2D eigenvalue weighted by molar-refractivity contribution is -0.202. The van der Waals surface area contributed by atoms with E-state index in [9.17, 15) is 5.11 Å². The molecule has 0 saturated carbocycles. The summed E-state index contributed by atoms with van der Waals surface area (Å²) in [7, 11) is 0. The van der Waals surface area contributed by atoms with Crippen LogP contribution in [0.2, 0.25) is 0 Å². The van der Waals surface area contributed by atoms with Gasteiger partial charge in [-0.05, 0) is 0 Å². The van der Waals surface area contributed by atoms with Crippen molar-refractivity contribution in [3.05, 3.63) is 35.9 Å². The first-order valence-corrected chi connectivity index (χ1v) is 6.14. The Kier molecular flexibility index (Phi) is 2.43. The molecule has 1 N–H and O–H groups in total. The van der Waals surface area contributed by atoms with Crippen LogP contribution in [-0.2, 0) is 18.9 Å². The van der Waals surface area contributed by atoms with Crippen LogP contribution in [-0.4, -0.2) is 42.4 Å². The van der Waals surface area contributed by atoms with Gasteiger partial charge in [-0.25, -0.2) is 0 Å². The van der Waals surface area contributed by atoms with Crippen LogP contribution in [0.25, 0.3) is 0 Å². The monoisotopic (exact) mass is 250 g/mol. The highest BCUT2D eigenvalue weighted by molar-refractivity contribution is 5.17. The fraction of sp³-hybridized carbons (Fsp3) is 0.538. The first kappa shape index (κ1) is 10.9. The molecule has 5 heteroatoms. The lowest BCUT2D eigenvalue weighted by Crippen LogP contribution is -2.52. The Morgan fingerprint density at radius 3 is 2.61 bits per heavy atom. The Morgan fingerprint density at radius 1 is 1.00 bits per heavy atom. The van der Waals surface area contributed by atoms with Gasteiger partial charge in [0.05, 0.1) is 6.61 Å². The SMILES string of the molecule is O[C@@H]1[C@@H]2OC[C@@H](O2)[C@H]2O[C@@H](c3ccccc3)O[C@H]12. The third kappa shape index (κ3) is 1.52. The van der Waals surface area contributed by atoms with E-state index < -0.39 is 18.7 Å². The summed E-state index contributed by atoms with van der Waals surface area (Å²) < 4.78 is 22.5. The summed E-state index contributed by atoms with van der Waals surface area (Å²) in [6, 6.07) is 9.71. The quantitative estimate of drug-likeness (QED) is 0.790. The first-order chi connectivity index (χ1) is 8.83. The number of aliphatic hydroxyl groups is 1. The van der Waals surface area contributed by atoms with Crippen molar-refractivity contribution >= 4 is 0 Å². The second kappa shape index (κ2) is 4.01. The van der Waals surface area contributed by atoms with E-state index in [4.69, 9.17) is 18.9 Å². The van der Waals surface area contributed by atoms with Gasteiger partial charge in [0.25, 0.3) is 0 Å². The summed E-state index contributed by atoms with van der Waals surface area (Å²) in [5.41, 5.74) is 0.955. The summed E-state index contributed by atoms with van der Waals surface area (Å²) in [5.74, 6) is 0. The topological polar surface area (TPSA) is 57.2 Å². The van der Waals surface area contributed by atoms with Gasteiger partial charge in [-0.1, -0.05) is 30.3 Å². The van der Waals surface area contributed by atoms with Crippen molar-refractivity contribution < 1.29 is 24.1 Å². The van der Waals surface area contributed by atoms with Crippen molar-refractivity contribution in [3.63, 3.8) is 0 Å². The Morgan fingerprint density at radius 2 is 1.78 bits per heavy atom. The third-order valence-electron chi connectivity index (χ3n) is 3.67. The van der Waals surface area contributed by atoms with E-state index in [0.29, 0.717) is 6.61 Å². The minimum atomic E-state index is -0.789. The van der Waals surface area contributed by atoms with Gasteiger partial charge < -0.3 is 24.1 Å². The minimum absolute atomic E-state index is 0.142. The van der Waals surface area contributed by atoms with E-state index in [0.717, 1.165) is 5.56 Å².